The first-order valence-corrected chi connectivity index (χ1v) is 11.8. The number of rotatable bonds is 6. The summed E-state index contributed by atoms with van der Waals surface area (Å²) >= 11 is 6.31. The fourth-order valence-corrected chi connectivity index (χ4v) is 4.74. The van der Waals surface area contributed by atoms with Gasteiger partial charge in [-0.05, 0) is 54.8 Å². The summed E-state index contributed by atoms with van der Waals surface area (Å²) in [4.78, 5) is 15.4. The van der Waals surface area contributed by atoms with Gasteiger partial charge in [0.1, 0.15) is 18.2 Å². The molecule has 0 aliphatic carbocycles. The second-order valence-electron chi connectivity index (χ2n) is 8.59. The molecule has 0 bridgehead atoms. The molecule has 7 heteroatoms. The minimum atomic E-state index is -0.145. The summed E-state index contributed by atoms with van der Waals surface area (Å²) in [5.41, 5.74) is 4.27. The quantitative estimate of drug-likeness (QED) is 0.414. The molecule has 3 aromatic carbocycles. The lowest BCUT2D eigenvalue weighted by Gasteiger charge is -2.30. The standard InChI is InChI=1S/C28H26ClNO5/c1-17-27-20(15-30(16-34-27)11-10-19-6-4-5-7-22(19)29)14-21-26(31)25(35-28(17)21)13-18-8-9-23(32-2)24(12-18)33-3/h4-9,12-14H,10-11,15-16H2,1-3H3/b25-13-. The van der Waals surface area contributed by atoms with E-state index >= 15 is 0 Å². The van der Waals surface area contributed by atoms with E-state index in [1.165, 1.54) is 0 Å². The Morgan fingerprint density at radius 1 is 1.06 bits per heavy atom. The minimum absolute atomic E-state index is 0.145. The normalized spacial score (nSPS) is 15.9. The third kappa shape index (κ3) is 4.47. The molecule has 35 heavy (non-hydrogen) atoms. The molecule has 2 aliphatic rings. The number of benzene rings is 3. The van der Waals surface area contributed by atoms with Crippen LogP contribution in [-0.4, -0.2) is 38.2 Å². The Labute approximate surface area is 209 Å². The highest BCUT2D eigenvalue weighted by atomic mass is 35.5. The molecule has 0 radical (unpaired) electrons. The van der Waals surface area contributed by atoms with Crippen molar-refractivity contribution in [2.24, 2.45) is 0 Å². The van der Waals surface area contributed by atoms with Crippen molar-refractivity contribution in [2.75, 3.05) is 27.5 Å². The zero-order chi connectivity index (χ0) is 24.5. The van der Waals surface area contributed by atoms with Crippen molar-refractivity contribution < 1.29 is 23.7 Å². The van der Waals surface area contributed by atoms with Gasteiger partial charge in [-0.15, -0.1) is 0 Å². The molecule has 0 amide bonds. The number of hydrogen-bond donors (Lipinski definition) is 0. The van der Waals surface area contributed by atoms with Gasteiger partial charge in [0.05, 0.1) is 19.8 Å². The summed E-state index contributed by atoms with van der Waals surface area (Å²) in [5.74, 6) is 2.68. The van der Waals surface area contributed by atoms with Crippen LogP contribution in [0.3, 0.4) is 0 Å². The van der Waals surface area contributed by atoms with Gasteiger partial charge in [0.25, 0.3) is 0 Å². The van der Waals surface area contributed by atoms with E-state index < -0.39 is 0 Å². The first-order chi connectivity index (χ1) is 17.0. The van der Waals surface area contributed by atoms with Crippen molar-refractivity contribution in [3.05, 3.63) is 87.1 Å². The number of carbonyl (C=O) groups excluding carboxylic acids is 1. The van der Waals surface area contributed by atoms with Crippen molar-refractivity contribution in [1.82, 2.24) is 4.90 Å². The minimum Gasteiger partial charge on any atom is -0.493 e. The van der Waals surface area contributed by atoms with Gasteiger partial charge in [0.15, 0.2) is 17.3 Å². The van der Waals surface area contributed by atoms with Gasteiger partial charge >= 0.3 is 0 Å². The van der Waals surface area contributed by atoms with E-state index in [-0.39, 0.29) is 11.5 Å². The number of methoxy groups -OCH3 is 2. The van der Waals surface area contributed by atoms with Crippen molar-refractivity contribution in [2.45, 2.75) is 19.9 Å². The molecule has 0 N–H and O–H groups in total. The maximum atomic E-state index is 13.2. The van der Waals surface area contributed by atoms with Crippen LogP contribution in [0, 0.1) is 6.92 Å². The predicted molar refractivity (Wildman–Crippen MR) is 135 cm³/mol. The van der Waals surface area contributed by atoms with Crippen LogP contribution in [0.15, 0.2) is 54.3 Å². The third-order valence-electron chi connectivity index (χ3n) is 6.36. The fourth-order valence-electron chi connectivity index (χ4n) is 4.51. The fraction of sp³-hybridized carbons (Fsp3) is 0.250. The van der Waals surface area contributed by atoms with Crippen LogP contribution < -0.4 is 18.9 Å². The molecule has 2 aliphatic heterocycles. The summed E-state index contributed by atoms with van der Waals surface area (Å²) in [7, 11) is 3.16. The van der Waals surface area contributed by atoms with Gasteiger partial charge in [-0.25, -0.2) is 0 Å². The number of ether oxygens (including phenoxy) is 4. The van der Waals surface area contributed by atoms with Gasteiger partial charge in [0.2, 0.25) is 5.78 Å². The average molecular weight is 492 g/mol. The Balaban J connectivity index is 1.37. The topological polar surface area (TPSA) is 57.2 Å². The highest BCUT2D eigenvalue weighted by Gasteiger charge is 2.33. The Hall–Kier alpha value is -3.48. The molecule has 0 spiro atoms. The largest absolute Gasteiger partial charge is 0.493 e. The highest BCUT2D eigenvalue weighted by Crippen LogP contribution is 2.43. The molecule has 180 valence electrons. The average Bonchev–Trinajstić information content (AvgIpc) is 3.18. The van der Waals surface area contributed by atoms with Crippen LogP contribution in [0.1, 0.15) is 32.6 Å². The highest BCUT2D eigenvalue weighted by molar-refractivity contribution is 6.31. The van der Waals surface area contributed by atoms with E-state index in [4.69, 9.17) is 30.5 Å². The molecule has 5 rings (SSSR count). The third-order valence-corrected chi connectivity index (χ3v) is 6.73. The van der Waals surface area contributed by atoms with E-state index in [9.17, 15) is 4.79 Å². The van der Waals surface area contributed by atoms with Crippen LogP contribution in [0.25, 0.3) is 6.08 Å². The Morgan fingerprint density at radius 3 is 2.63 bits per heavy atom. The number of allylic oxidation sites excluding steroid dienone is 1. The predicted octanol–water partition coefficient (Wildman–Crippen LogP) is 5.68. The number of carbonyl (C=O) groups is 1. The lowest BCUT2D eigenvalue weighted by molar-refractivity contribution is 0.0954. The molecule has 2 heterocycles. The summed E-state index contributed by atoms with van der Waals surface area (Å²) < 4.78 is 22.8. The van der Waals surface area contributed by atoms with Crippen LogP contribution in [0.4, 0.5) is 0 Å². The Bertz CT molecular complexity index is 1330. The molecule has 0 saturated heterocycles. The summed E-state index contributed by atoms with van der Waals surface area (Å²) in [5, 5.41) is 0.774. The summed E-state index contributed by atoms with van der Waals surface area (Å²) in [6.45, 7) is 3.90. The second-order valence-corrected chi connectivity index (χ2v) is 9.00. The van der Waals surface area contributed by atoms with Gasteiger partial charge in [-0.3, -0.25) is 9.69 Å². The van der Waals surface area contributed by atoms with E-state index in [1.54, 1.807) is 26.4 Å². The second kappa shape index (κ2) is 9.64. The molecule has 0 aromatic heterocycles. The van der Waals surface area contributed by atoms with E-state index in [2.05, 4.69) is 4.90 Å². The molecule has 0 unspecified atom stereocenters. The summed E-state index contributed by atoms with van der Waals surface area (Å²) in [6, 6.07) is 15.2. The number of nitrogens with zero attached hydrogens (tertiary/aromatic N) is 1. The summed E-state index contributed by atoms with van der Waals surface area (Å²) in [6.07, 6.45) is 2.54. The van der Waals surface area contributed by atoms with Crippen LogP contribution in [-0.2, 0) is 13.0 Å². The first-order valence-electron chi connectivity index (χ1n) is 11.4. The van der Waals surface area contributed by atoms with E-state index in [1.807, 2.05) is 49.4 Å². The van der Waals surface area contributed by atoms with Crippen LogP contribution in [0.2, 0.25) is 5.02 Å². The molecule has 3 aromatic rings. The zero-order valence-corrected chi connectivity index (χ0v) is 20.6. The molecular formula is C28H26ClNO5. The van der Waals surface area contributed by atoms with Gasteiger partial charge in [-0.2, -0.15) is 0 Å². The van der Waals surface area contributed by atoms with Crippen molar-refractivity contribution in [3.8, 4) is 23.0 Å². The van der Waals surface area contributed by atoms with Crippen molar-refractivity contribution in [1.29, 1.82) is 0 Å². The molecule has 0 atom stereocenters. The van der Waals surface area contributed by atoms with Gasteiger partial charge < -0.3 is 18.9 Å². The SMILES string of the molecule is COc1ccc(/C=C2\Oc3c(cc4c(c3C)OCN(CCc3ccccc3Cl)C4)C2=O)cc1OC. The van der Waals surface area contributed by atoms with E-state index in [0.717, 1.165) is 46.0 Å². The number of halogens is 1. The smallest absolute Gasteiger partial charge is 0.231 e. The number of hydrogen-bond acceptors (Lipinski definition) is 6. The molecule has 6 nitrogen and oxygen atoms in total. The maximum absolute atomic E-state index is 13.2. The monoisotopic (exact) mass is 491 g/mol. The lowest BCUT2D eigenvalue weighted by atomic mass is 9.99. The Kier molecular flexibility index (Phi) is 6.41. The molecule has 0 saturated carbocycles. The van der Waals surface area contributed by atoms with E-state index in [0.29, 0.717) is 36.1 Å². The van der Waals surface area contributed by atoms with Crippen molar-refractivity contribution in [3.63, 3.8) is 0 Å². The number of Topliss-reactive ketones (excluding diaryl/α,β-unsaturated/α-hetero) is 1. The van der Waals surface area contributed by atoms with Crippen LogP contribution >= 0.6 is 11.6 Å². The number of ketones is 1. The first kappa shape index (κ1) is 23.3. The molecule has 0 fully saturated rings. The van der Waals surface area contributed by atoms with Crippen LogP contribution in [0.5, 0.6) is 23.0 Å². The zero-order valence-electron chi connectivity index (χ0n) is 19.9. The van der Waals surface area contributed by atoms with Gasteiger partial charge in [0, 0.05) is 29.2 Å². The Morgan fingerprint density at radius 2 is 1.86 bits per heavy atom. The number of fused-ring (bicyclic) bond motifs is 2. The molecular weight excluding hydrogens is 466 g/mol. The maximum Gasteiger partial charge on any atom is 0.231 e. The lowest BCUT2D eigenvalue weighted by Crippen LogP contribution is -2.34. The van der Waals surface area contributed by atoms with Gasteiger partial charge in [-0.1, -0.05) is 35.9 Å². The van der Waals surface area contributed by atoms with Crippen molar-refractivity contribution >= 4 is 23.5 Å².